The molecule has 0 radical (unpaired) electrons. The van der Waals surface area contributed by atoms with Gasteiger partial charge in [0.05, 0.1) is 12.8 Å². The Kier molecular flexibility index (Phi) is 5.64. The molecule has 1 fully saturated rings. The van der Waals surface area contributed by atoms with Crippen LogP contribution in [-0.4, -0.2) is 55.6 Å². The molecule has 1 N–H and O–H groups in total. The first kappa shape index (κ1) is 15.5. The second-order valence-corrected chi connectivity index (χ2v) is 6.31. The van der Waals surface area contributed by atoms with Crippen molar-refractivity contribution in [2.24, 2.45) is 5.92 Å². The maximum atomic E-state index is 5.48. The van der Waals surface area contributed by atoms with Crippen molar-refractivity contribution in [2.75, 3.05) is 39.8 Å². The highest BCUT2D eigenvalue weighted by Gasteiger charge is 2.24. The van der Waals surface area contributed by atoms with E-state index in [0.29, 0.717) is 12.0 Å². The summed E-state index contributed by atoms with van der Waals surface area (Å²) in [7, 11) is 2.21. The van der Waals surface area contributed by atoms with Crippen molar-refractivity contribution in [3.63, 3.8) is 0 Å². The van der Waals surface area contributed by atoms with Gasteiger partial charge in [-0.05, 0) is 31.5 Å². The molecule has 114 valence electrons. The van der Waals surface area contributed by atoms with Crippen LogP contribution in [0.25, 0.3) is 0 Å². The summed E-state index contributed by atoms with van der Waals surface area (Å²) in [6.07, 6.45) is 1.77. The summed E-state index contributed by atoms with van der Waals surface area (Å²) in [5, 5.41) is 3.57. The van der Waals surface area contributed by atoms with Crippen LogP contribution in [0.4, 0.5) is 0 Å². The zero-order valence-corrected chi connectivity index (χ0v) is 13.4. The number of piperazine rings is 1. The van der Waals surface area contributed by atoms with Crippen molar-refractivity contribution in [1.29, 1.82) is 0 Å². The van der Waals surface area contributed by atoms with E-state index < -0.39 is 0 Å². The molecular weight excluding hydrogens is 250 g/mol. The highest BCUT2D eigenvalue weighted by Crippen LogP contribution is 2.14. The summed E-state index contributed by atoms with van der Waals surface area (Å²) in [5.41, 5.74) is 1.23. The van der Waals surface area contributed by atoms with E-state index in [1.165, 1.54) is 31.7 Å². The lowest BCUT2D eigenvalue weighted by molar-refractivity contribution is 0.0872. The predicted molar refractivity (Wildman–Crippen MR) is 82.8 cm³/mol. The molecular formula is C16H29N3O. The second kappa shape index (κ2) is 7.25. The Morgan fingerprint density at radius 1 is 1.25 bits per heavy atom. The summed E-state index contributed by atoms with van der Waals surface area (Å²) < 4.78 is 5.48. The van der Waals surface area contributed by atoms with Crippen LogP contribution < -0.4 is 5.32 Å². The summed E-state index contributed by atoms with van der Waals surface area (Å²) >= 11 is 0. The molecule has 20 heavy (non-hydrogen) atoms. The van der Waals surface area contributed by atoms with Crippen molar-refractivity contribution in [3.8, 4) is 0 Å². The highest BCUT2D eigenvalue weighted by molar-refractivity contribution is 5.14. The van der Waals surface area contributed by atoms with Gasteiger partial charge in [0.25, 0.3) is 0 Å². The second-order valence-electron chi connectivity index (χ2n) is 6.31. The Morgan fingerprint density at radius 3 is 2.50 bits per heavy atom. The molecule has 2 rings (SSSR count). The van der Waals surface area contributed by atoms with Crippen LogP contribution in [0.1, 0.15) is 25.2 Å². The van der Waals surface area contributed by atoms with Gasteiger partial charge in [0.1, 0.15) is 5.76 Å². The zero-order valence-electron chi connectivity index (χ0n) is 13.4. The molecule has 0 amide bonds. The van der Waals surface area contributed by atoms with Crippen molar-refractivity contribution in [3.05, 3.63) is 23.7 Å². The Bertz CT molecular complexity index is 394. The fourth-order valence-corrected chi connectivity index (χ4v) is 2.86. The number of nitrogens with zero attached hydrogens (tertiary/aromatic N) is 2. The normalized spacial score (nSPS) is 19.6. The van der Waals surface area contributed by atoms with E-state index in [9.17, 15) is 0 Å². The molecule has 1 aliphatic rings. The summed E-state index contributed by atoms with van der Waals surface area (Å²) in [6, 6.07) is 2.64. The predicted octanol–water partition coefficient (Wildman–Crippen LogP) is 1.95. The number of hydrogen-bond donors (Lipinski definition) is 1. The quantitative estimate of drug-likeness (QED) is 0.862. The van der Waals surface area contributed by atoms with Crippen LogP contribution in [-0.2, 0) is 6.54 Å². The minimum atomic E-state index is 0.610. The first-order valence-corrected chi connectivity index (χ1v) is 7.74. The van der Waals surface area contributed by atoms with Crippen LogP contribution in [0, 0.1) is 12.8 Å². The topological polar surface area (TPSA) is 31.7 Å². The van der Waals surface area contributed by atoms with Crippen LogP contribution in [0.5, 0.6) is 0 Å². The van der Waals surface area contributed by atoms with E-state index in [2.05, 4.69) is 42.9 Å². The highest BCUT2D eigenvalue weighted by atomic mass is 16.3. The van der Waals surface area contributed by atoms with E-state index in [1.807, 2.05) is 6.07 Å². The molecule has 0 aliphatic carbocycles. The van der Waals surface area contributed by atoms with Crippen molar-refractivity contribution in [1.82, 2.24) is 15.1 Å². The molecule has 0 bridgehead atoms. The molecule has 1 aliphatic heterocycles. The fraction of sp³-hybridized carbons (Fsp3) is 0.750. The van der Waals surface area contributed by atoms with Gasteiger partial charge in [0.15, 0.2) is 0 Å². The number of aryl methyl sites for hydroxylation is 1. The molecule has 1 unspecified atom stereocenters. The molecule has 0 saturated carbocycles. The van der Waals surface area contributed by atoms with Gasteiger partial charge in [-0.2, -0.15) is 0 Å². The van der Waals surface area contributed by atoms with E-state index in [-0.39, 0.29) is 0 Å². The molecule has 1 saturated heterocycles. The van der Waals surface area contributed by atoms with Crippen LogP contribution in [0.15, 0.2) is 16.7 Å². The molecule has 2 heterocycles. The van der Waals surface area contributed by atoms with E-state index in [1.54, 1.807) is 6.26 Å². The Hall–Kier alpha value is -0.840. The van der Waals surface area contributed by atoms with Gasteiger partial charge in [-0.3, -0.25) is 4.90 Å². The fourth-order valence-electron chi connectivity index (χ4n) is 2.86. The van der Waals surface area contributed by atoms with Crippen molar-refractivity contribution >= 4 is 0 Å². The SMILES string of the molecule is Cc1ccoc1CNCC(C(C)C)N1CCN(C)CC1. The Balaban J connectivity index is 1.82. The smallest absolute Gasteiger partial charge is 0.120 e. The Labute approximate surface area is 123 Å². The molecule has 4 nitrogen and oxygen atoms in total. The number of nitrogens with one attached hydrogen (secondary N) is 1. The lowest BCUT2D eigenvalue weighted by Crippen LogP contribution is -2.53. The zero-order chi connectivity index (χ0) is 14.5. The Morgan fingerprint density at radius 2 is 1.95 bits per heavy atom. The molecule has 4 heteroatoms. The molecule has 1 atom stereocenters. The standard InChI is InChI=1S/C16H29N3O/c1-13(2)15(19-8-6-18(4)7-9-19)11-17-12-16-14(3)5-10-20-16/h5,10,13,15,17H,6-9,11-12H2,1-4H3. The molecule has 0 aromatic carbocycles. The first-order chi connectivity index (χ1) is 9.58. The van der Waals surface area contributed by atoms with Gasteiger partial charge >= 0.3 is 0 Å². The average molecular weight is 279 g/mol. The van der Waals surface area contributed by atoms with Crippen LogP contribution in [0.2, 0.25) is 0 Å². The van der Waals surface area contributed by atoms with Gasteiger partial charge in [0.2, 0.25) is 0 Å². The lowest BCUT2D eigenvalue weighted by Gasteiger charge is -2.40. The number of furan rings is 1. The maximum absolute atomic E-state index is 5.48. The molecule has 1 aromatic heterocycles. The van der Waals surface area contributed by atoms with Crippen LogP contribution in [0.3, 0.4) is 0 Å². The number of hydrogen-bond acceptors (Lipinski definition) is 4. The largest absolute Gasteiger partial charge is 0.468 e. The molecule has 0 spiro atoms. The van der Waals surface area contributed by atoms with Crippen molar-refractivity contribution in [2.45, 2.75) is 33.4 Å². The summed E-state index contributed by atoms with van der Waals surface area (Å²) in [4.78, 5) is 5.04. The number of rotatable bonds is 6. The van der Waals surface area contributed by atoms with Gasteiger partial charge in [-0.1, -0.05) is 13.8 Å². The van der Waals surface area contributed by atoms with Gasteiger partial charge in [-0.15, -0.1) is 0 Å². The lowest BCUT2D eigenvalue weighted by atomic mass is 10.0. The van der Waals surface area contributed by atoms with E-state index in [4.69, 9.17) is 4.42 Å². The van der Waals surface area contributed by atoms with Gasteiger partial charge in [-0.25, -0.2) is 0 Å². The van der Waals surface area contributed by atoms with E-state index >= 15 is 0 Å². The van der Waals surface area contributed by atoms with E-state index in [0.717, 1.165) is 18.8 Å². The third-order valence-corrected chi connectivity index (χ3v) is 4.38. The summed E-state index contributed by atoms with van der Waals surface area (Å²) in [6.45, 7) is 13.3. The number of likely N-dealkylation sites (N-methyl/N-ethyl adjacent to an activating group) is 1. The minimum absolute atomic E-state index is 0.610. The monoisotopic (exact) mass is 279 g/mol. The third kappa shape index (κ3) is 4.08. The first-order valence-electron chi connectivity index (χ1n) is 7.74. The summed E-state index contributed by atoms with van der Waals surface area (Å²) in [5.74, 6) is 1.73. The minimum Gasteiger partial charge on any atom is -0.468 e. The molecule has 1 aromatic rings. The van der Waals surface area contributed by atoms with Gasteiger partial charge in [0, 0.05) is 38.8 Å². The average Bonchev–Trinajstić information content (AvgIpc) is 2.81. The van der Waals surface area contributed by atoms with Gasteiger partial charge < -0.3 is 14.6 Å². The van der Waals surface area contributed by atoms with Crippen molar-refractivity contribution < 1.29 is 4.42 Å². The van der Waals surface area contributed by atoms with Crippen LogP contribution >= 0.6 is 0 Å². The maximum Gasteiger partial charge on any atom is 0.120 e. The third-order valence-electron chi connectivity index (χ3n) is 4.38.